The number of aryl methyl sites for hydroxylation is 1. The third-order valence-electron chi connectivity index (χ3n) is 3.71. The second-order valence-corrected chi connectivity index (χ2v) is 5.96. The van der Waals surface area contributed by atoms with Gasteiger partial charge in [0.2, 0.25) is 0 Å². The van der Waals surface area contributed by atoms with Gasteiger partial charge in [-0.15, -0.1) is 6.58 Å². The summed E-state index contributed by atoms with van der Waals surface area (Å²) < 4.78 is 1.68. The Hall–Kier alpha value is -3.06. The van der Waals surface area contributed by atoms with E-state index in [2.05, 4.69) is 17.0 Å². The van der Waals surface area contributed by atoms with Crippen LogP contribution in [0.4, 0.5) is 0 Å². The van der Waals surface area contributed by atoms with Crippen LogP contribution in [0.1, 0.15) is 11.1 Å². The lowest BCUT2D eigenvalue weighted by Crippen LogP contribution is -2.53. The molecular formula is C18H16N4O2S. The van der Waals surface area contributed by atoms with Gasteiger partial charge in [-0.1, -0.05) is 23.8 Å². The van der Waals surface area contributed by atoms with Crippen LogP contribution in [0.15, 0.2) is 54.9 Å². The molecule has 2 aromatic rings. The number of aromatic nitrogens is 2. The van der Waals surface area contributed by atoms with Crippen LogP contribution in [0.2, 0.25) is 0 Å². The minimum Gasteiger partial charge on any atom is -0.298 e. The van der Waals surface area contributed by atoms with Gasteiger partial charge in [0.25, 0.3) is 11.8 Å². The molecule has 1 aromatic heterocycles. The number of hydrogen-bond acceptors (Lipinski definition) is 4. The number of rotatable bonds is 4. The van der Waals surface area contributed by atoms with Crippen molar-refractivity contribution in [1.29, 1.82) is 0 Å². The Labute approximate surface area is 150 Å². The molecule has 0 atom stereocenters. The van der Waals surface area contributed by atoms with E-state index in [1.807, 2.05) is 31.2 Å². The summed E-state index contributed by atoms with van der Waals surface area (Å²) in [5.74, 6) is -0.963. The molecule has 0 unspecified atom stereocenters. The molecule has 1 aromatic carbocycles. The van der Waals surface area contributed by atoms with Gasteiger partial charge in [-0.25, -0.2) is 4.68 Å². The van der Waals surface area contributed by atoms with Crippen LogP contribution < -0.4 is 5.32 Å². The third kappa shape index (κ3) is 3.41. The zero-order valence-electron chi connectivity index (χ0n) is 13.6. The Kier molecular flexibility index (Phi) is 4.58. The quantitative estimate of drug-likeness (QED) is 0.396. The zero-order chi connectivity index (χ0) is 18.0. The lowest BCUT2D eigenvalue weighted by atomic mass is 10.1. The molecule has 1 saturated heterocycles. The van der Waals surface area contributed by atoms with E-state index in [1.54, 1.807) is 23.2 Å². The molecule has 6 nitrogen and oxygen atoms in total. The predicted molar refractivity (Wildman–Crippen MR) is 98.9 cm³/mol. The summed E-state index contributed by atoms with van der Waals surface area (Å²) in [5, 5.41) is 6.88. The SMILES string of the molecule is C=CCN1C(=O)C(=Cc2cnn(-c3ccc(C)cc3)c2)C(=O)NC1=S. The summed E-state index contributed by atoms with van der Waals surface area (Å²) in [6.45, 7) is 5.84. The first-order chi connectivity index (χ1) is 12.0. The van der Waals surface area contributed by atoms with Crippen LogP contribution in [-0.2, 0) is 9.59 Å². The van der Waals surface area contributed by atoms with E-state index in [0.717, 1.165) is 11.3 Å². The van der Waals surface area contributed by atoms with Crippen molar-refractivity contribution in [2.75, 3.05) is 6.54 Å². The van der Waals surface area contributed by atoms with Gasteiger partial charge in [0.05, 0.1) is 11.9 Å². The fourth-order valence-electron chi connectivity index (χ4n) is 2.41. The first-order valence-electron chi connectivity index (χ1n) is 7.61. The fourth-order valence-corrected chi connectivity index (χ4v) is 2.66. The first kappa shape index (κ1) is 16.8. The second-order valence-electron chi connectivity index (χ2n) is 5.58. The Morgan fingerprint density at radius 3 is 2.68 bits per heavy atom. The van der Waals surface area contributed by atoms with E-state index in [-0.39, 0.29) is 17.2 Å². The van der Waals surface area contributed by atoms with Crippen LogP contribution in [0.3, 0.4) is 0 Å². The Morgan fingerprint density at radius 1 is 1.28 bits per heavy atom. The monoisotopic (exact) mass is 352 g/mol. The highest BCUT2D eigenvalue weighted by atomic mass is 32.1. The van der Waals surface area contributed by atoms with Crippen molar-refractivity contribution in [3.8, 4) is 5.69 Å². The lowest BCUT2D eigenvalue weighted by Gasteiger charge is -2.27. The molecule has 1 fully saturated rings. The molecule has 2 heterocycles. The molecule has 25 heavy (non-hydrogen) atoms. The summed E-state index contributed by atoms with van der Waals surface area (Å²) in [5.41, 5.74) is 2.70. The summed E-state index contributed by atoms with van der Waals surface area (Å²) in [6, 6.07) is 7.87. The minimum atomic E-state index is -0.515. The van der Waals surface area contributed by atoms with Crippen LogP contribution in [0.5, 0.6) is 0 Å². The molecule has 1 N–H and O–H groups in total. The summed E-state index contributed by atoms with van der Waals surface area (Å²) in [7, 11) is 0. The van der Waals surface area contributed by atoms with Gasteiger partial charge in [-0.05, 0) is 37.4 Å². The number of carbonyl (C=O) groups excluding carboxylic acids is 2. The topological polar surface area (TPSA) is 67.2 Å². The van der Waals surface area contributed by atoms with Crippen molar-refractivity contribution in [3.05, 3.63) is 66.0 Å². The van der Waals surface area contributed by atoms with Crippen molar-refractivity contribution >= 4 is 35.2 Å². The smallest absolute Gasteiger partial charge is 0.265 e. The predicted octanol–water partition coefficient (Wildman–Crippen LogP) is 1.99. The van der Waals surface area contributed by atoms with Crippen molar-refractivity contribution in [3.63, 3.8) is 0 Å². The standard InChI is InChI=1S/C18H16N4O2S/c1-3-8-21-17(24)15(16(23)20-18(21)25)9-13-10-19-22(11-13)14-6-4-12(2)5-7-14/h3-7,9-11H,1,8H2,2H3,(H,20,23,25). The van der Waals surface area contributed by atoms with E-state index in [0.29, 0.717) is 5.56 Å². The fraction of sp³-hybridized carbons (Fsp3) is 0.111. The largest absolute Gasteiger partial charge is 0.298 e. The van der Waals surface area contributed by atoms with Crippen molar-refractivity contribution in [2.24, 2.45) is 0 Å². The maximum atomic E-state index is 12.5. The van der Waals surface area contributed by atoms with Gasteiger partial charge in [-0.3, -0.25) is 19.8 Å². The number of thiocarbonyl (C=S) groups is 1. The molecule has 126 valence electrons. The van der Waals surface area contributed by atoms with Gasteiger partial charge < -0.3 is 0 Å². The molecule has 2 amide bonds. The molecule has 0 saturated carbocycles. The average molecular weight is 352 g/mol. The van der Waals surface area contributed by atoms with Crippen molar-refractivity contribution in [1.82, 2.24) is 20.0 Å². The van der Waals surface area contributed by atoms with Crippen LogP contribution >= 0.6 is 12.2 Å². The van der Waals surface area contributed by atoms with E-state index >= 15 is 0 Å². The summed E-state index contributed by atoms with van der Waals surface area (Å²) in [4.78, 5) is 25.9. The number of amides is 2. The van der Waals surface area contributed by atoms with Crippen LogP contribution in [0, 0.1) is 6.92 Å². The maximum Gasteiger partial charge on any atom is 0.265 e. The first-order valence-corrected chi connectivity index (χ1v) is 8.02. The molecular weight excluding hydrogens is 336 g/mol. The number of hydrogen-bond donors (Lipinski definition) is 1. The van der Waals surface area contributed by atoms with Gasteiger partial charge in [0.15, 0.2) is 5.11 Å². The number of nitrogens with one attached hydrogen (secondary N) is 1. The molecule has 0 bridgehead atoms. The Balaban J connectivity index is 1.90. The third-order valence-corrected chi connectivity index (χ3v) is 4.03. The van der Waals surface area contributed by atoms with E-state index < -0.39 is 11.8 Å². The van der Waals surface area contributed by atoms with E-state index in [9.17, 15) is 9.59 Å². The van der Waals surface area contributed by atoms with Gasteiger partial charge in [0, 0.05) is 18.3 Å². The highest BCUT2D eigenvalue weighted by molar-refractivity contribution is 7.80. The summed E-state index contributed by atoms with van der Waals surface area (Å²) in [6.07, 6.45) is 6.41. The molecule has 0 spiro atoms. The van der Waals surface area contributed by atoms with Gasteiger partial charge in [-0.2, -0.15) is 5.10 Å². The Morgan fingerprint density at radius 2 is 2.00 bits per heavy atom. The van der Waals surface area contributed by atoms with Crippen LogP contribution in [-0.4, -0.2) is 38.2 Å². The molecule has 3 rings (SSSR count). The number of nitrogens with zero attached hydrogens (tertiary/aromatic N) is 3. The maximum absolute atomic E-state index is 12.5. The van der Waals surface area contributed by atoms with Gasteiger partial charge in [0.1, 0.15) is 5.57 Å². The molecule has 0 aliphatic carbocycles. The van der Waals surface area contributed by atoms with Crippen LogP contribution in [0.25, 0.3) is 11.8 Å². The number of benzene rings is 1. The van der Waals surface area contributed by atoms with E-state index in [1.165, 1.54) is 11.0 Å². The normalized spacial score (nSPS) is 16.3. The average Bonchev–Trinajstić information content (AvgIpc) is 3.05. The zero-order valence-corrected chi connectivity index (χ0v) is 14.4. The van der Waals surface area contributed by atoms with Gasteiger partial charge >= 0.3 is 0 Å². The second kappa shape index (κ2) is 6.82. The molecule has 0 radical (unpaired) electrons. The highest BCUT2D eigenvalue weighted by Crippen LogP contribution is 2.16. The molecule has 1 aliphatic heterocycles. The molecule has 1 aliphatic rings. The lowest BCUT2D eigenvalue weighted by molar-refractivity contribution is -0.128. The highest BCUT2D eigenvalue weighted by Gasteiger charge is 2.32. The van der Waals surface area contributed by atoms with Crippen molar-refractivity contribution < 1.29 is 9.59 Å². The number of carbonyl (C=O) groups is 2. The Bertz CT molecular complexity index is 896. The minimum absolute atomic E-state index is 0.0129. The molecule has 7 heteroatoms. The van der Waals surface area contributed by atoms with Crippen molar-refractivity contribution in [2.45, 2.75) is 6.92 Å². The summed E-state index contributed by atoms with van der Waals surface area (Å²) >= 11 is 5.02. The van der Waals surface area contributed by atoms with E-state index in [4.69, 9.17) is 12.2 Å².